The van der Waals surface area contributed by atoms with Gasteiger partial charge in [-0.1, -0.05) is 66.4 Å². The van der Waals surface area contributed by atoms with Crippen LogP contribution in [0.5, 0.6) is 11.5 Å². The molecule has 1 aromatic carbocycles. The minimum Gasteiger partial charge on any atom is -0.462 e. The average Bonchev–Trinajstić information content (AvgIpc) is 2.88. The molecule has 0 aliphatic carbocycles. The van der Waals surface area contributed by atoms with Crippen LogP contribution in [0.25, 0.3) is 0 Å². The lowest BCUT2D eigenvalue weighted by Crippen LogP contribution is -2.37. The number of rotatable bonds is 18. The predicted octanol–water partition coefficient (Wildman–Crippen LogP) is 5.29. The van der Waals surface area contributed by atoms with Gasteiger partial charge in [-0.25, -0.2) is 0 Å². The lowest BCUT2D eigenvalue weighted by Gasteiger charge is -2.18. The zero-order chi connectivity index (χ0) is 29.4. The second-order valence-corrected chi connectivity index (χ2v) is 10.4. The first-order chi connectivity index (χ1) is 18.5. The highest BCUT2D eigenvalue weighted by Gasteiger charge is 2.22. The highest BCUT2D eigenvalue weighted by Crippen LogP contribution is 2.30. The molecular formula is C30H47NO8. The largest absolute Gasteiger partial charge is 0.462 e. The maximum atomic E-state index is 12.5. The molecule has 0 aromatic heterocycles. The van der Waals surface area contributed by atoms with E-state index in [1.54, 1.807) is 19.1 Å². The molecule has 9 heteroatoms. The Morgan fingerprint density at radius 2 is 1.41 bits per heavy atom. The number of carbonyl (C=O) groups is 4. The quantitative estimate of drug-likeness (QED) is 0.147. The van der Waals surface area contributed by atoms with Gasteiger partial charge in [-0.2, -0.15) is 0 Å². The van der Waals surface area contributed by atoms with Gasteiger partial charge in [-0.05, 0) is 49.3 Å². The van der Waals surface area contributed by atoms with Gasteiger partial charge >= 0.3 is 23.9 Å². The summed E-state index contributed by atoms with van der Waals surface area (Å²) in [5.41, 5.74) is 6.68. The summed E-state index contributed by atoms with van der Waals surface area (Å²) in [4.78, 5) is 49.2. The average molecular weight is 550 g/mol. The highest BCUT2D eigenvalue weighted by atomic mass is 16.6. The molecule has 2 N–H and O–H groups in total. The van der Waals surface area contributed by atoms with Crippen molar-refractivity contribution in [2.45, 2.75) is 111 Å². The normalized spacial score (nSPS) is 14.0. The number of unbranched alkanes of at least 4 members (excludes halogenated alkanes) is 2. The lowest BCUT2D eigenvalue weighted by molar-refractivity contribution is -0.159. The van der Waals surface area contributed by atoms with E-state index in [9.17, 15) is 19.2 Å². The van der Waals surface area contributed by atoms with Crippen LogP contribution < -0.4 is 15.2 Å². The molecule has 0 saturated carbocycles. The monoisotopic (exact) mass is 549 g/mol. The minimum atomic E-state index is -1.00. The third kappa shape index (κ3) is 14.1. The van der Waals surface area contributed by atoms with Crippen LogP contribution >= 0.6 is 0 Å². The van der Waals surface area contributed by atoms with Gasteiger partial charge in [0, 0.05) is 19.3 Å². The molecule has 0 fully saturated rings. The number of carbonyl (C=O) groups excluding carboxylic acids is 4. The van der Waals surface area contributed by atoms with Crippen LogP contribution in [0.2, 0.25) is 0 Å². The van der Waals surface area contributed by atoms with Crippen LogP contribution in [-0.2, 0) is 35.1 Å². The van der Waals surface area contributed by atoms with Gasteiger partial charge in [0.05, 0.1) is 0 Å². The van der Waals surface area contributed by atoms with Crippen LogP contribution in [0.3, 0.4) is 0 Å². The number of ether oxygens (including phenoxy) is 4. The Morgan fingerprint density at radius 3 is 1.97 bits per heavy atom. The molecule has 9 nitrogen and oxygen atoms in total. The molecule has 220 valence electrons. The van der Waals surface area contributed by atoms with Gasteiger partial charge in [0.2, 0.25) is 0 Å². The zero-order valence-electron chi connectivity index (χ0n) is 24.5. The summed E-state index contributed by atoms with van der Waals surface area (Å²) in [5, 5.41) is 0. The molecule has 1 aromatic rings. The van der Waals surface area contributed by atoms with Gasteiger partial charge in [0.15, 0.2) is 11.5 Å². The van der Waals surface area contributed by atoms with E-state index in [0.29, 0.717) is 12.0 Å². The summed E-state index contributed by atoms with van der Waals surface area (Å²) < 4.78 is 21.6. The van der Waals surface area contributed by atoms with Crippen LogP contribution in [-0.4, -0.2) is 42.6 Å². The van der Waals surface area contributed by atoms with E-state index in [1.165, 1.54) is 6.07 Å². The van der Waals surface area contributed by atoms with Crippen molar-refractivity contribution in [1.82, 2.24) is 0 Å². The smallest absolute Gasteiger partial charge is 0.323 e. The second-order valence-electron chi connectivity index (χ2n) is 10.4. The van der Waals surface area contributed by atoms with Gasteiger partial charge in [0.25, 0.3) is 0 Å². The number of esters is 4. The molecule has 1 rings (SSSR count). The molecule has 0 amide bonds. The summed E-state index contributed by atoms with van der Waals surface area (Å²) in [6.07, 6.45) is 4.61. The number of hydrogen-bond acceptors (Lipinski definition) is 9. The van der Waals surface area contributed by atoms with E-state index in [-0.39, 0.29) is 55.2 Å². The van der Waals surface area contributed by atoms with Crippen LogP contribution in [0.1, 0.15) is 98.5 Å². The van der Waals surface area contributed by atoms with Crippen molar-refractivity contribution in [1.29, 1.82) is 0 Å². The van der Waals surface area contributed by atoms with Crippen molar-refractivity contribution >= 4 is 23.9 Å². The SMILES string of the molecule is CCCCCC(=O)OC[C@H](C)OC(=O)[C@@H](N)Cc1ccc(OC(=O)CC(C)CC)c(OC(=O)CC(C)CC)c1. The van der Waals surface area contributed by atoms with Gasteiger partial charge in [0.1, 0.15) is 18.8 Å². The summed E-state index contributed by atoms with van der Waals surface area (Å²) in [6, 6.07) is 3.74. The molecule has 0 aliphatic rings. The molecule has 2 unspecified atom stereocenters. The Kier molecular flexibility index (Phi) is 16.1. The summed E-state index contributed by atoms with van der Waals surface area (Å²) in [7, 11) is 0. The number of nitrogens with two attached hydrogens (primary N) is 1. The first kappa shape index (κ1) is 34.1. The highest BCUT2D eigenvalue weighted by molar-refractivity contribution is 5.77. The van der Waals surface area contributed by atoms with E-state index in [4.69, 9.17) is 24.7 Å². The fourth-order valence-corrected chi connectivity index (χ4v) is 3.49. The number of hydrogen-bond donors (Lipinski definition) is 1. The summed E-state index contributed by atoms with van der Waals surface area (Å²) >= 11 is 0. The van der Waals surface area contributed by atoms with E-state index in [2.05, 4.69) is 6.92 Å². The van der Waals surface area contributed by atoms with E-state index >= 15 is 0 Å². The van der Waals surface area contributed by atoms with E-state index in [0.717, 1.165) is 32.1 Å². The Morgan fingerprint density at radius 1 is 0.821 bits per heavy atom. The molecule has 0 aliphatic heterocycles. The first-order valence-corrected chi connectivity index (χ1v) is 14.1. The fraction of sp³-hybridized carbons (Fsp3) is 0.667. The summed E-state index contributed by atoms with van der Waals surface area (Å²) in [5.74, 6) is -1.31. The van der Waals surface area contributed by atoms with Gasteiger partial charge in [-0.15, -0.1) is 0 Å². The maximum Gasteiger partial charge on any atom is 0.323 e. The van der Waals surface area contributed by atoms with Crippen LogP contribution in [0, 0.1) is 11.8 Å². The molecule has 0 heterocycles. The Bertz CT molecular complexity index is 932. The van der Waals surface area contributed by atoms with Crippen molar-refractivity contribution in [3.05, 3.63) is 23.8 Å². The molecular weight excluding hydrogens is 502 g/mol. The fourth-order valence-electron chi connectivity index (χ4n) is 3.49. The molecule has 0 spiro atoms. The topological polar surface area (TPSA) is 131 Å². The third-order valence-electron chi connectivity index (χ3n) is 6.42. The molecule has 39 heavy (non-hydrogen) atoms. The van der Waals surface area contributed by atoms with Crippen molar-refractivity contribution in [3.63, 3.8) is 0 Å². The van der Waals surface area contributed by atoms with E-state index < -0.39 is 30.1 Å². The second kappa shape index (κ2) is 18.4. The van der Waals surface area contributed by atoms with Crippen molar-refractivity contribution in [2.75, 3.05) is 6.61 Å². The predicted molar refractivity (Wildman–Crippen MR) is 148 cm³/mol. The molecule has 0 saturated heterocycles. The summed E-state index contributed by atoms with van der Waals surface area (Å²) in [6.45, 7) is 11.5. The van der Waals surface area contributed by atoms with E-state index in [1.807, 2.05) is 27.7 Å². The van der Waals surface area contributed by atoms with Gasteiger partial charge < -0.3 is 24.7 Å². The first-order valence-electron chi connectivity index (χ1n) is 14.1. The Hall–Kier alpha value is -2.94. The zero-order valence-corrected chi connectivity index (χ0v) is 24.5. The lowest BCUT2D eigenvalue weighted by atomic mass is 10.0. The molecule has 0 radical (unpaired) electrons. The van der Waals surface area contributed by atoms with Crippen LogP contribution in [0.15, 0.2) is 18.2 Å². The van der Waals surface area contributed by atoms with Crippen molar-refractivity contribution < 1.29 is 38.1 Å². The molecule has 4 atom stereocenters. The third-order valence-corrected chi connectivity index (χ3v) is 6.42. The Labute approximate surface area is 233 Å². The van der Waals surface area contributed by atoms with Crippen LogP contribution in [0.4, 0.5) is 0 Å². The van der Waals surface area contributed by atoms with Gasteiger partial charge in [-0.3, -0.25) is 19.2 Å². The van der Waals surface area contributed by atoms with Crippen molar-refractivity contribution in [3.8, 4) is 11.5 Å². The standard InChI is InChI=1S/C30H47NO8/c1-7-10-11-12-27(32)36-19-22(6)37-30(35)24(31)17-23-13-14-25(38-28(33)15-20(4)8-2)26(18-23)39-29(34)16-21(5)9-3/h13-14,18,20-22,24H,7-12,15-17,19,31H2,1-6H3/t20?,21?,22-,24-/m0/s1. The molecule has 0 bridgehead atoms. The maximum absolute atomic E-state index is 12.5. The number of benzene rings is 1. The van der Waals surface area contributed by atoms with Crippen molar-refractivity contribution in [2.24, 2.45) is 17.6 Å². The minimum absolute atomic E-state index is 0.0452. The Balaban J connectivity index is 2.84.